The van der Waals surface area contributed by atoms with Crippen molar-refractivity contribution in [2.75, 3.05) is 20.3 Å². The van der Waals surface area contributed by atoms with Gasteiger partial charge in [-0.15, -0.1) is 0 Å². The number of sulfonamides is 1. The van der Waals surface area contributed by atoms with Gasteiger partial charge in [-0.05, 0) is 56.2 Å². The van der Waals surface area contributed by atoms with Crippen molar-refractivity contribution in [1.29, 1.82) is 0 Å². The Labute approximate surface area is 206 Å². The number of nitrogens with zero attached hydrogens (tertiary/aromatic N) is 3. The quantitative estimate of drug-likeness (QED) is 0.401. The van der Waals surface area contributed by atoms with E-state index < -0.39 is 15.9 Å². The van der Waals surface area contributed by atoms with Crippen molar-refractivity contribution < 1.29 is 17.9 Å². The second kappa shape index (κ2) is 9.85. The van der Waals surface area contributed by atoms with Crippen molar-refractivity contribution in [3.8, 4) is 0 Å². The predicted octanol–water partition coefficient (Wildman–Crippen LogP) is 4.57. The third-order valence-corrected chi connectivity index (χ3v) is 9.20. The fourth-order valence-corrected chi connectivity index (χ4v) is 6.51. The normalized spacial score (nSPS) is 15.0. The van der Waals surface area contributed by atoms with Crippen molar-refractivity contribution in [1.82, 2.24) is 8.87 Å². The number of carbonyl (C=O) groups excluding carboxylic acids is 1. The van der Waals surface area contributed by atoms with E-state index >= 15 is 0 Å². The van der Waals surface area contributed by atoms with Gasteiger partial charge in [0.15, 0.2) is 4.80 Å². The van der Waals surface area contributed by atoms with Gasteiger partial charge in [-0.1, -0.05) is 34.5 Å². The highest BCUT2D eigenvalue weighted by Gasteiger charge is 2.35. The zero-order chi connectivity index (χ0) is 23.8. The summed E-state index contributed by atoms with van der Waals surface area (Å²) in [4.78, 5) is 17.8. The zero-order valence-electron chi connectivity index (χ0n) is 18.1. The average molecular weight is 528 g/mol. The summed E-state index contributed by atoms with van der Waals surface area (Å²) in [7, 11) is -1.99. The average Bonchev–Trinajstić information content (AvgIpc) is 3.58. The Morgan fingerprint density at radius 2 is 1.85 bits per heavy atom. The van der Waals surface area contributed by atoms with Gasteiger partial charge in [-0.2, -0.15) is 9.30 Å². The van der Waals surface area contributed by atoms with E-state index in [1.54, 1.807) is 19.2 Å². The lowest BCUT2D eigenvalue weighted by Crippen LogP contribution is -2.28. The Hall–Kier alpha value is -1.75. The van der Waals surface area contributed by atoms with Gasteiger partial charge in [0.2, 0.25) is 10.0 Å². The molecule has 0 radical (unpaired) electrons. The summed E-state index contributed by atoms with van der Waals surface area (Å²) in [6.07, 6.45) is 1.75. The smallest absolute Gasteiger partial charge is 0.279 e. The number of carbonyl (C=O) groups is 1. The zero-order valence-corrected chi connectivity index (χ0v) is 21.3. The van der Waals surface area contributed by atoms with Crippen LogP contribution in [-0.2, 0) is 21.3 Å². The van der Waals surface area contributed by atoms with Crippen LogP contribution in [0.2, 0.25) is 10.0 Å². The number of hydrogen-bond acceptors (Lipinski definition) is 5. The summed E-state index contributed by atoms with van der Waals surface area (Å²) in [6.45, 7) is 3.34. The first-order chi connectivity index (χ1) is 15.7. The molecule has 4 rings (SSSR count). The summed E-state index contributed by atoms with van der Waals surface area (Å²) in [5, 5.41) is 1.03. The van der Waals surface area contributed by atoms with Crippen LogP contribution < -0.4 is 4.80 Å². The molecule has 1 saturated carbocycles. The minimum atomic E-state index is -3.58. The summed E-state index contributed by atoms with van der Waals surface area (Å²) in [5.41, 5.74) is 0.985. The first-order valence-corrected chi connectivity index (χ1v) is 13.5. The molecule has 0 N–H and O–H groups in total. The fraction of sp³-hybridized carbons (Fsp3) is 0.364. The highest BCUT2D eigenvalue weighted by Crippen LogP contribution is 2.32. The minimum absolute atomic E-state index is 0.0602. The van der Waals surface area contributed by atoms with Gasteiger partial charge in [-0.3, -0.25) is 4.79 Å². The number of ether oxygens (including phenoxy) is 1. The number of hydrogen-bond donors (Lipinski definition) is 0. The van der Waals surface area contributed by atoms with Crippen molar-refractivity contribution in [2.45, 2.75) is 37.2 Å². The van der Waals surface area contributed by atoms with E-state index in [2.05, 4.69) is 4.99 Å². The number of aromatic nitrogens is 1. The molecule has 3 aromatic rings. The SMILES string of the molecule is CCOCCn1c(=NC(=O)c2ccc(S(=O)(=O)N(C)C3CC3)cc2)sc2c(Cl)ccc(Cl)c21. The highest BCUT2D eigenvalue weighted by atomic mass is 35.5. The van der Waals surface area contributed by atoms with Gasteiger partial charge >= 0.3 is 0 Å². The van der Waals surface area contributed by atoms with Crippen LogP contribution in [0.3, 0.4) is 0 Å². The number of halogens is 2. The van der Waals surface area contributed by atoms with Gasteiger partial charge in [0, 0.05) is 31.8 Å². The summed E-state index contributed by atoms with van der Waals surface area (Å²) < 4.78 is 34.8. The Bertz CT molecular complexity index is 1360. The molecule has 0 spiro atoms. The maximum absolute atomic E-state index is 12.9. The Kier molecular flexibility index (Phi) is 7.28. The Morgan fingerprint density at radius 1 is 1.18 bits per heavy atom. The number of amides is 1. The molecule has 0 unspecified atom stereocenters. The Balaban J connectivity index is 1.69. The van der Waals surface area contributed by atoms with Crippen molar-refractivity contribution in [3.63, 3.8) is 0 Å². The van der Waals surface area contributed by atoms with Gasteiger partial charge in [0.05, 0.1) is 31.8 Å². The van der Waals surface area contributed by atoms with E-state index in [0.29, 0.717) is 40.1 Å². The molecule has 1 aliphatic rings. The maximum atomic E-state index is 12.9. The molecular formula is C22H23Cl2N3O4S2. The second-order valence-electron chi connectivity index (χ2n) is 7.63. The van der Waals surface area contributed by atoms with E-state index in [1.807, 2.05) is 11.5 Å². The molecule has 1 fully saturated rings. The van der Waals surface area contributed by atoms with Crippen LogP contribution in [0.25, 0.3) is 10.2 Å². The van der Waals surface area contributed by atoms with Gasteiger partial charge < -0.3 is 9.30 Å². The highest BCUT2D eigenvalue weighted by molar-refractivity contribution is 7.89. The van der Waals surface area contributed by atoms with E-state index in [4.69, 9.17) is 27.9 Å². The molecule has 1 aromatic heterocycles. The second-order valence-corrected chi connectivity index (χ2v) is 11.4. The lowest BCUT2D eigenvalue weighted by Gasteiger charge is -2.16. The Morgan fingerprint density at radius 3 is 2.48 bits per heavy atom. The molecule has 1 aliphatic carbocycles. The van der Waals surface area contributed by atoms with Crippen LogP contribution in [0, 0.1) is 0 Å². The van der Waals surface area contributed by atoms with Crippen molar-refractivity contribution in [3.05, 3.63) is 56.8 Å². The van der Waals surface area contributed by atoms with Gasteiger partial charge in [0.25, 0.3) is 5.91 Å². The lowest BCUT2D eigenvalue weighted by atomic mass is 10.2. The molecule has 2 aromatic carbocycles. The van der Waals surface area contributed by atoms with Gasteiger partial charge in [0.1, 0.15) is 0 Å². The number of benzene rings is 2. The topological polar surface area (TPSA) is 81.0 Å². The third kappa shape index (κ3) is 5.03. The molecule has 1 amide bonds. The largest absolute Gasteiger partial charge is 0.380 e. The summed E-state index contributed by atoms with van der Waals surface area (Å²) in [5.74, 6) is -0.488. The summed E-state index contributed by atoms with van der Waals surface area (Å²) >= 11 is 14.1. The number of rotatable bonds is 8. The molecule has 0 bridgehead atoms. The molecule has 7 nitrogen and oxygen atoms in total. The van der Waals surface area contributed by atoms with Crippen LogP contribution >= 0.6 is 34.5 Å². The lowest BCUT2D eigenvalue weighted by molar-refractivity contribution is 0.0996. The van der Waals surface area contributed by atoms with Crippen LogP contribution in [0.4, 0.5) is 0 Å². The van der Waals surface area contributed by atoms with Crippen molar-refractivity contribution in [2.24, 2.45) is 4.99 Å². The van der Waals surface area contributed by atoms with Crippen LogP contribution in [0.1, 0.15) is 30.1 Å². The molecule has 0 saturated heterocycles. The van der Waals surface area contributed by atoms with Crippen molar-refractivity contribution >= 4 is 60.7 Å². The van der Waals surface area contributed by atoms with Crippen LogP contribution in [0.5, 0.6) is 0 Å². The first kappa shape index (κ1) is 24.4. The number of fused-ring (bicyclic) bond motifs is 1. The van der Waals surface area contributed by atoms with Crippen LogP contribution in [-0.4, -0.2) is 49.5 Å². The van der Waals surface area contributed by atoms with E-state index in [1.165, 1.54) is 39.9 Å². The maximum Gasteiger partial charge on any atom is 0.279 e. The number of thiazole rings is 1. The minimum Gasteiger partial charge on any atom is -0.380 e. The molecule has 176 valence electrons. The summed E-state index contributed by atoms with van der Waals surface area (Å²) in [6, 6.07) is 9.33. The standard InChI is InChI=1S/C22H23Cl2N3O4S2/c1-3-31-13-12-27-19-17(23)10-11-18(24)20(19)32-22(27)25-21(28)14-4-8-16(9-5-14)33(29,30)26(2)15-6-7-15/h4-5,8-11,15H,3,6-7,12-13H2,1-2H3. The molecule has 0 aliphatic heterocycles. The molecule has 11 heteroatoms. The molecular weight excluding hydrogens is 505 g/mol. The van der Waals surface area contributed by atoms with E-state index in [0.717, 1.165) is 17.5 Å². The predicted molar refractivity (Wildman–Crippen MR) is 131 cm³/mol. The molecule has 1 heterocycles. The monoisotopic (exact) mass is 527 g/mol. The van der Waals surface area contributed by atoms with E-state index in [9.17, 15) is 13.2 Å². The molecule has 0 atom stereocenters. The fourth-order valence-electron chi connectivity index (χ4n) is 3.43. The third-order valence-electron chi connectivity index (χ3n) is 5.43. The van der Waals surface area contributed by atoms with Gasteiger partial charge in [-0.25, -0.2) is 8.42 Å². The van der Waals surface area contributed by atoms with E-state index in [-0.39, 0.29) is 16.5 Å². The molecule has 33 heavy (non-hydrogen) atoms. The van der Waals surface area contributed by atoms with Crippen LogP contribution in [0.15, 0.2) is 46.3 Å². The first-order valence-electron chi connectivity index (χ1n) is 10.5.